The van der Waals surface area contributed by atoms with Gasteiger partial charge in [0.1, 0.15) is 17.2 Å². The van der Waals surface area contributed by atoms with Crippen LogP contribution in [0.1, 0.15) is 73.6 Å². The molecule has 15 heteroatoms. The first-order valence-electron chi connectivity index (χ1n) is 19.0. The Morgan fingerprint density at radius 2 is 1.51 bits per heavy atom. The number of Topliss-reactive ketones (excluding diaryl/α,β-unsaturated/α-hetero) is 1. The summed E-state index contributed by atoms with van der Waals surface area (Å²) < 4.78 is 49.7. The van der Waals surface area contributed by atoms with Crippen molar-refractivity contribution >= 4 is 55.6 Å². The smallest absolute Gasteiger partial charge is 0.323 e. The number of unbranched alkanes of at least 4 members (excludes halogenated alkanes) is 1. The number of pyridine rings is 1. The Balaban J connectivity index is 1.28. The van der Waals surface area contributed by atoms with Gasteiger partial charge in [-0.15, -0.1) is 0 Å². The van der Waals surface area contributed by atoms with Crippen molar-refractivity contribution in [2.24, 2.45) is 0 Å². The maximum atomic E-state index is 13.5. The SMILES string of the molecule is COc1cc(Cc2cc(Oc3ccc(NC(=O)Nc4cc(C(C)(C)C)cc(NS(C)(=O)=O)c4OC)c4ccccc34)ccn2)ccc1C(=O)CCCCOCCC(=O)O. The zero-order valence-electron chi connectivity index (χ0n) is 34.0. The second kappa shape index (κ2) is 19.5. The Kier molecular flexibility index (Phi) is 14.5. The van der Waals surface area contributed by atoms with Crippen molar-refractivity contribution in [3.05, 3.63) is 107 Å². The first-order valence-corrected chi connectivity index (χ1v) is 20.9. The van der Waals surface area contributed by atoms with Crippen molar-refractivity contribution in [3.8, 4) is 23.0 Å². The summed E-state index contributed by atoms with van der Waals surface area (Å²) in [6.45, 7) is 6.48. The van der Waals surface area contributed by atoms with Crippen molar-refractivity contribution in [1.29, 1.82) is 0 Å². The second-order valence-electron chi connectivity index (χ2n) is 14.9. The van der Waals surface area contributed by atoms with Gasteiger partial charge in [0.15, 0.2) is 11.5 Å². The molecular weight excluding hydrogens is 777 g/mol. The number of nitrogens with zero attached hydrogens (tertiary/aromatic N) is 1. The van der Waals surface area contributed by atoms with Crippen LogP contribution in [0.25, 0.3) is 10.8 Å². The fraction of sp³-hybridized carbons (Fsp3) is 0.318. The van der Waals surface area contributed by atoms with Crippen LogP contribution in [0, 0.1) is 0 Å². The number of nitrogens with one attached hydrogen (secondary N) is 3. The van der Waals surface area contributed by atoms with Crippen LogP contribution < -0.4 is 29.6 Å². The molecule has 0 unspecified atom stereocenters. The number of sulfonamides is 1. The zero-order valence-corrected chi connectivity index (χ0v) is 34.8. The molecule has 0 saturated heterocycles. The van der Waals surface area contributed by atoms with E-state index < -0.39 is 22.0 Å². The Bertz CT molecular complexity index is 2430. The third kappa shape index (κ3) is 12.4. The van der Waals surface area contributed by atoms with Crippen LogP contribution in [-0.2, 0) is 31.4 Å². The Labute approximate surface area is 344 Å². The van der Waals surface area contributed by atoms with Crippen LogP contribution in [0.3, 0.4) is 0 Å². The molecule has 5 rings (SSSR count). The Hall–Kier alpha value is -6.19. The van der Waals surface area contributed by atoms with Crippen LogP contribution in [-0.4, -0.2) is 70.0 Å². The van der Waals surface area contributed by atoms with E-state index in [1.54, 1.807) is 42.6 Å². The number of carboxylic acids is 1. The number of amides is 2. The molecular formula is C44H50N4O10S. The molecule has 0 bridgehead atoms. The number of fused-ring (bicyclic) bond motifs is 1. The lowest BCUT2D eigenvalue weighted by Crippen LogP contribution is -2.22. The number of carboxylic acid groups (broad SMARTS) is 1. The van der Waals surface area contributed by atoms with E-state index in [1.165, 1.54) is 14.2 Å². The van der Waals surface area contributed by atoms with Gasteiger partial charge < -0.3 is 34.7 Å². The summed E-state index contributed by atoms with van der Waals surface area (Å²) in [4.78, 5) is 41.6. The lowest BCUT2D eigenvalue weighted by Gasteiger charge is -2.24. The fourth-order valence-corrected chi connectivity index (χ4v) is 6.86. The summed E-state index contributed by atoms with van der Waals surface area (Å²) in [5.74, 6) is 0.778. The number of anilines is 3. The van der Waals surface area contributed by atoms with E-state index in [1.807, 2.05) is 63.2 Å². The first-order chi connectivity index (χ1) is 28.0. The topological polar surface area (TPSA) is 191 Å². The van der Waals surface area contributed by atoms with Crippen molar-refractivity contribution < 1.29 is 46.9 Å². The Morgan fingerprint density at radius 3 is 2.20 bits per heavy atom. The third-order valence-electron chi connectivity index (χ3n) is 9.21. The van der Waals surface area contributed by atoms with E-state index in [0.717, 1.165) is 33.8 Å². The number of ether oxygens (including phenoxy) is 4. The number of hydrogen-bond acceptors (Lipinski definition) is 10. The van der Waals surface area contributed by atoms with Crippen molar-refractivity contribution in [2.75, 3.05) is 49.0 Å². The van der Waals surface area contributed by atoms with Crippen molar-refractivity contribution in [1.82, 2.24) is 4.98 Å². The molecule has 5 aromatic rings. The highest BCUT2D eigenvalue weighted by atomic mass is 32.2. The minimum atomic E-state index is -3.65. The number of carbonyl (C=O) groups is 3. The summed E-state index contributed by atoms with van der Waals surface area (Å²) in [7, 11) is -0.724. The van der Waals surface area contributed by atoms with Crippen molar-refractivity contribution in [3.63, 3.8) is 0 Å². The van der Waals surface area contributed by atoms with Gasteiger partial charge in [-0.25, -0.2) is 13.2 Å². The highest BCUT2D eigenvalue weighted by Gasteiger charge is 2.23. The third-order valence-corrected chi connectivity index (χ3v) is 9.80. The summed E-state index contributed by atoms with van der Waals surface area (Å²) in [6, 6.07) is 22.9. The fourth-order valence-electron chi connectivity index (χ4n) is 6.31. The minimum Gasteiger partial charge on any atom is -0.496 e. The van der Waals surface area contributed by atoms with Gasteiger partial charge in [0.25, 0.3) is 0 Å². The van der Waals surface area contributed by atoms with Crippen LogP contribution >= 0.6 is 0 Å². The molecule has 0 aliphatic carbocycles. The normalized spacial score (nSPS) is 11.5. The minimum absolute atomic E-state index is 0.0478. The molecule has 1 heterocycles. The molecule has 0 fully saturated rings. The number of urea groups is 1. The molecule has 4 aromatic carbocycles. The number of methoxy groups -OCH3 is 2. The summed E-state index contributed by atoms with van der Waals surface area (Å²) in [5, 5.41) is 15.9. The van der Waals surface area contributed by atoms with Gasteiger partial charge in [-0.2, -0.15) is 0 Å². The predicted molar refractivity (Wildman–Crippen MR) is 228 cm³/mol. The Morgan fingerprint density at radius 1 is 0.780 bits per heavy atom. The maximum Gasteiger partial charge on any atom is 0.323 e. The molecule has 0 aliphatic rings. The number of ketones is 1. The van der Waals surface area contributed by atoms with Crippen LogP contribution in [0.5, 0.6) is 23.0 Å². The van der Waals surface area contributed by atoms with Gasteiger partial charge in [-0.05, 0) is 71.8 Å². The van der Waals surface area contributed by atoms with E-state index in [0.29, 0.717) is 60.8 Å². The second-order valence-corrected chi connectivity index (χ2v) is 16.6. The monoisotopic (exact) mass is 826 g/mol. The number of benzene rings is 4. The molecule has 0 atom stereocenters. The molecule has 0 spiro atoms. The molecule has 59 heavy (non-hydrogen) atoms. The van der Waals surface area contributed by atoms with Crippen LogP contribution in [0.2, 0.25) is 0 Å². The van der Waals surface area contributed by atoms with E-state index in [2.05, 4.69) is 20.3 Å². The lowest BCUT2D eigenvalue weighted by atomic mass is 9.86. The van der Waals surface area contributed by atoms with Gasteiger partial charge in [0.2, 0.25) is 10.0 Å². The first kappa shape index (κ1) is 43.9. The van der Waals surface area contributed by atoms with E-state index >= 15 is 0 Å². The largest absolute Gasteiger partial charge is 0.496 e. The van der Waals surface area contributed by atoms with E-state index in [-0.39, 0.29) is 41.4 Å². The predicted octanol–water partition coefficient (Wildman–Crippen LogP) is 8.79. The van der Waals surface area contributed by atoms with Crippen LogP contribution in [0.4, 0.5) is 21.9 Å². The summed E-state index contributed by atoms with van der Waals surface area (Å²) in [5.41, 5.74) is 3.51. The number of carbonyl (C=O) groups excluding carboxylic acids is 2. The maximum absolute atomic E-state index is 13.5. The van der Waals surface area contributed by atoms with Gasteiger partial charge in [0.05, 0.1) is 56.1 Å². The highest BCUT2D eigenvalue weighted by Crippen LogP contribution is 2.40. The molecule has 1 aromatic heterocycles. The van der Waals surface area contributed by atoms with Crippen molar-refractivity contribution in [2.45, 2.75) is 58.3 Å². The van der Waals surface area contributed by atoms with Gasteiger partial charge >= 0.3 is 12.0 Å². The molecule has 2 amide bonds. The van der Waals surface area contributed by atoms with Gasteiger partial charge in [-0.1, -0.05) is 51.1 Å². The number of aromatic nitrogens is 1. The zero-order chi connectivity index (χ0) is 42.7. The molecule has 0 radical (unpaired) electrons. The quantitative estimate of drug-likeness (QED) is 0.0460. The standard InChI is InChI=1S/C44H50N4O10S/c1-44(2,3)29-25-36(42(56-5)37(26-29)48-59(6,53)54)47-43(52)46-35-16-17-39(33-12-8-7-11-32(33)35)58-31-18-20-45-30(27-31)23-28-14-15-34(40(24-28)55-4)38(49)13-9-10-21-57-22-19-41(50)51/h7-8,11-12,14-18,20,24-27,48H,9-10,13,19,21-23H2,1-6H3,(H,50,51)(H2,46,47,52). The van der Waals surface area contributed by atoms with Gasteiger partial charge in [0, 0.05) is 48.2 Å². The summed E-state index contributed by atoms with van der Waals surface area (Å²) >= 11 is 0. The summed E-state index contributed by atoms with van der Waals surface area (Å²) in [6.07, 6.45) is 4.67. The van der Waals surface area contributed by atoms with E-state index in [9.17, 15) is 22.8 Å². The molecule has 14 nitrogen and oxygen atoms in total. The van der Waals surface area contributed by atoms with Gasteiger partial charge in [-0.3, -0.25) is 19.3 Å². The van der Waals surface area contributed by atoms with E-state index in [4.69, 9.17) is 24.1 Å². The number of aliphatic carboxylic acids is 1. The molecule has 0 saturated carbocycles. The van der Waals surface area contributed by atoms with Crippen LogP contribution in [0.15, 0.2) is 85.1 Å². The number of hydrogen-bond donors (Lipinski definition) is 4. The average Bonchev–Trinajstić information content (AvgIpc) is 3.17. The molecule has 4 N–H and O–H groups in total. The average molecular weight is 827 g/mol. The molecule has 0 aliphatic heterocycles. The lowest BCUT2D eigenvalue weighted by molar-refractivity contribution is -0.138. The number of rotatable bonds is 19. The molecule has 312 valence electrons. The highest BCUT2D eigenvalue weighted by molar-refractivity contribution is 7.92.